The number of nitrogens with one attached hydrogen (secondary N) is 1. The van der Waals surface area contributed by atoms with Crippen LogP contribution in [0.2, 0.25) is 0 Å². The summed E-state index contributed by atoms with van der Waals surface area (Å²) in [5.74, 6) is -0.253. The van der Waals surface area contributed by atoms with Crippen LogP contribution in [0.25, 0.3) is 6.08 Å². The summed E-state index contributed by atoms with van der Waals surface area (Å²) in [6, 6.07) is 8.70. The first-order chi connectivity index (χ1) is 19.8. The van der Waals surface area contributed by atoms with Gasteiger partial charge in [-0.25, -0.2) is 0 Å². The number of carbonyl (C=O) groups excluding carboxylic acids is 3. The van der Waals surface area contributed by atoms with E-state index in [4.69, 9.17) is 4.52 Å². The van der Waals surface area contributed by atoms with E-state index in [1.807, 2.05) is 18.7 Å². The molecule has 1 N–H and O–H groups in total. The Kier molecular flexibility index (Phi) is 8.95. The van der Waals surface area contributed by atoms with Gasteiger partial charge >= 0.3 is 0 Å². The molecule has 3 amide bonds. The van der Waals surface area contributed by atoms with E-state index >= 15 is 0 Å². The molecule has 1 aromatic carbocycles. The number of aromatic nitrogens is 1. The molecule has 8 heteroatoms. The van der Waals surface area contributed by atoms with Gasteiger partial charge in [0.25, 0.3) is 5.91 Å². The van der Waals surface area contributed by atoms with Gasteiger partial charge in [0, 0.05) is 31.6 Å². The van der Waals surface area contributed by atoms with Crippen molar-refractivity contribution in [3.05, 3.63) is 59.5 Å². The lowest BCUT2D eigenvalue weighted by atomic mass is 9.74. The maximum Gasteiger partial charge on any atom is 0.292 e. The van der Waals surface area contributed by atoms with E-state index in [0.717, 1.165) is 44.9 Å². The number of carbonyl (C=O) groups is 3. The quantitative estimate of drug-likeness (QED) is 0.455. The van der Waals surface area contributed by atoms with E-state index in [-0.39, 0.29) is 34.8 Å². The molecule has 0 bridgehead atoms. The van der Waals surface area contributed by atoms with Gasteiger partial charge in [-0.3, -0.25) is 14.4 Å². The summed E-state index contributed by atoms with van der Waals surface area (Å²) in [6.45, 7) is 5.36. The summed E-state index contributed by atoms with van der Waals surface area (Å²) in [6.07, 6.45) is 14.6. The zero-order valence-electron chi connectivity index (χ0n) is 24.7. The number of piperidine rings is 1. The first-order valence-corrected chi connectivity index (χ1v) is 15.4. The summed E-state index contributed by atoms with van der Waals surface area (Å²) in [4.78, 5) is 44.5. The van der Waals surface area contributed by atoms with E-state index < -0.39 is 12.1 Å². The molecule has 1 spiro atoms. The summed E-state index contributed by atoms with van der Waals surface area (Å²) >= 11 is 0. The average molecular weight is 561 g/mol. The molecule has 2 fully saturated rings. The zero-order chi connectivity index (χ0) is 29.0. The molecule has 1 aliphatic heterocycles. The van der Waals surface area contributed by atoms with Crippen LogP contribution in [-0.2, 0) is 15.0 Å². The first kappa shape index (κ1) is 29.1. The lowest BCUT2D eigenvalue weighted by molar-refractivity contribution is -0.140. The molecule has 1 saturated heterocycles. The number of benzene rings is 1. The Morgan fingerprint density at radius 2 is 1.85 bits per heavy atom. The lowest BCUT2D eigenvalue weighted by Gasteiger charge is -2.41. The third kappa shape index (κ3) is 6.11. The van der Waals surface area contributed by atoms with Crippen LogP contribution >= 0.6 is 0 Å². The van der Waals surface area contributed by atoms with E-state index in [0.29, 0.717) is 25.4 Å². The van der Waals surface area contributed by atoms with Gasteiger partial charge in [0.05, 0.1) is 6.20 Å². The number of rotatable bonds is 9. The molecule has 2 aromatic rings. The molecule has 3 aliphatic rings. The van der Waals surface area contributed by atoms with Crippen LogP contribution in [0.1, 0.15) is 93.3 Å². The van der Waals surface area contributed by atoms with Gasteiger partial charge in [-0.15, -0.1) is 0 Å². The molecular formula is C33H44N4O4. The van der Waals surface area contributed by atoms with Crippen molar-refractivity contribution in [2.45, 2.75) is 89.1 Å². The monoisotopic (exact) mass is 560 g/mol. The predicted molar refractivity (Wildman–Crippen MR) is 158 cm³/mol. The Bertz CT molecular complexity index is 1240. The van der Waals surface area contributed by atoms with Gasteiger partial charge in [0.2, 0.25) is 17.6 Å². The summed E-state index contributed by atoms with van der Waals surface area (Å²) < 4.78 is 5.11. The Hall–Kier alpha value is -3.42. The largest absolute Gasteiger partial charge is 0.351 e. The third-order valence-electron chi connectivity index (χ3n) is 9.84. The molecule has 3 atom stereocenters. The van der Waals surface area contributed by atoms with Gasteiger partial charge in [-0.2, -0.15) is 0 Å². The Balaban J connectivity index is 1.30. The maximum atomic E-state index is 14.0. The van der Waals surface area contributed by atoms with Crippen molar-refractivity contribution in [3.8, 4) is 0 Å². The molecule has 0 unspecified atom stereocenters. The number of likely N-dealkylation sites (tertiary alicyclic amines) is 1. The van der Waals surface area contributed by atoms with Crippen LogP contribution in [0.5, 0.6) is 0 Å². The highest BCUT2D eigenvalue weighted by Gasteiger charge is 2.41. The molecule has 0 radical (unpaired) electrons. The highest BCUT2D eigenvalue weighted by atomic mass is 16.5. The second-order valence-corrected chi connectivity index (χ2v) is 12.3. The molecular weight excluding hydrogens is 516 g/mol. The first-order valence-electron chi connectivity index (χ1n) is 15.4. The van der Waals surface area contributed by atoms with Crippen LogP contribution in [0, 0.1) is 11.8 Å². The Morgan fingerprint density at radius 3 is 2.54 bits per heavy atom. The smallest absolute Gasteiger partial charge is 0.292 e. The molecule has 1 saturated carbocycles. The molecule has 1 aromatic heterocycles. The van der Waals surface area contributed by atoms with Crippen molar-refractivity contribution >= 4 is 23.8 Å². The highest BCUT2D eigenvalue weighted by Crippen LogP contribution is 2.43. The van der Waals surface area contributed by atoms with Crippen LogP contribution in [0.4, 0.5) is 0 Å². The van der Waals surface area contributed by atoms with Crippen LogP contribution < -0.4 is 5.32 Å². The van der Waals surface area contributed by atoms with Crippen molar-refractivity contribution in [3.63, 3.8) is 0 Å². The average Bonchev–Trinajstić information content (AvgIpc) is 3.67. The number of hydrogen-bond acceptors (Lipinski definition) is 5. The molecule has 220 valence electrons. The minimum absolute atomic E-state index is 0.0165. The van der Waals surface area contributed by atoms with Crippen LogP contribution in [0.3, 0.4) is 0 Å². The summed E-state index contributed by atoms with van der Waals surface area (Å²) in [5.41, 5.74) is 2.60. The van der Waals surface area contributed by atoms with E-state index in [1.54, 1.807) is 7.05 Å². The van der Waals surface area contributed by atoms with Crippen molar-refractivity contribution in [1.29, 1.82) is 0 Å². The Labute approximate surface area is 243 Å². The predicted octanol–water partition coefficient (Wildman–Crippen LogP) is 5.20. The van der Waals surface area contributed by atoms with E-state index in [2.05, 4.69) is 46.9 Å². The summed E-state index contributed by atoms with van der Waals surface area (Å²) in [7, 11) is 1.65. The van der Waals surface area contributed by atoms with Crippen LogP contribution in [-0.4, -0.2) is 64.9 Å². The van der Waals surface area contributed by atoms with Gasteiger partial charge in [-0.05, 0) is 42.2 Å². The SMILES string of the molecule is CC[C@H](C)[C@H](NC(=O)[C@H](CC1CCCCC1)N(C)C(=O)c1ccno1)C(=O)N1CCC2(C=Cc3ccccc32)CC1. The fraction of sp³-hybridized carbons (Fsp3) is 0.576. The zero-order valence-corrected chi connectivity index (χ0v) is 24.7. The molecule has 5 rings (SSSR count). The van der Waals surface area contributed by atoms with Crippen molar-refractivity contribution < 1.29 is 18.9 Å². The number of fused-ring (bicyclic) bond motifs is 2. The fourth-order valence-corrected chi connectivity index (χ4v) is 6.95. The highest BCUT2D eigenvalue weighted by molar-refractivity contribution is 5.96. The van der Waals surface area contributed by atoms with Crippen molar-refractivity contribution in [2.75, 3.05) is 20.1 Å². The molecule has 2 aliphatic carbocycles. The van der Waals surface area contributed by atoms with Gasteiger partial charge < -0.3 is 19.6 Å². The van der Waals surface area contributed by atoms with Gasteiger partial charge in [-0.1, -0.05) is 93.9 Å². The fourth-order valence-electron chi connectivity index (χ4n) is 6.95. The Morgan fingerprint density at radius 1 is 1.12 bits per heavy atom. The number of hydrogen-bond donors (Lipinski definition) is 1. The summed E-state index contributed by atoms with van der Waals surface area (Å²) in [5, 5.41) is 6.79. The van der Waals surface area contributed by atoms with E-state index in [9.17, 15) is 14.4 Å². The third-order valence-corrected chi connectivity index (χ3v) is 9.84. The lowest BCUT2D eigenvalue weighted by Crippen LogP contribution is -2.58. The number of amides is 3. The standard InChI is InChI=1S/C33H44N4O4/c1-4-23(2)29(32(40)37-20-17-33(18-21-37)16-14-25-12-8-9-13-26(25)33)35-30(38)27(22-24-10-6-5-7-11-24)36(3)31(39)28-15-19-34-41-28/h8-9,12-16,19,23-24,27,29H,4-7,10-11,17-18,20-22H2,1-3H3,(H,35,38)/t23-,27-,29-/m0/s1. The maximum absolute atomic E-state index is 14.0. The van der Waals surface area contributed by atoms with Crippen LogP contribution in [0.15, 0.2) is 47.1 Å². The molecule has 2 heterocycles. The molecule has 41 heavy (non-hydrogen) atoms. The second-order valence-electron chi connectivity index (χ2n) is 12.3. The number of likely N-dealkylation sites (N-methyl/N-ethyl adjacent to an activating group) is 1. The number of nitrogens with zero attached hydrogens (tertiary/aromatic N) is 3. The number of allylic oxidation sites excluding steroid dienone is 1. The van der Waals surface area contributed by atoms with Crippen molar-refractivity contribution in [1.82, 2.24) is 20.3 Å². The van der Waals surface area contributed by atoms with Gasteiger partial charge in [0.1, 0.15) is 12.1 Å². The van der Waals surface area contributed by atoms with Gasteiger partial charge in [0.15, 0.2) is 0 Å². The van der Waals surface area contributed by atoms with E-state index in [1.165, 1.54) is 34.7 Å². The topological polar surface area (TPSA) is 95.7 Å². The molecule has 8 nitrogen and oxygen atoms in total. The minimum atomic E-state index is -0.695. The normalized spacial score (nSPS) is 20.3. The van der Waals surface area contributed by atoms with Crippen molar-refractivity contribution in [2.24, 2.45) is 11.8 Å². The minimum Gasteiger partial charge on any atom is -0.351 e. The second kappa shape index (κ2) is 12.6.